The smallest absolute Gasteiger partial charge is 0.324 e. The van der Waals surface area contributed by atoms with Crippen LogP contribution in [0.2, 0.25) is 0 Å². The van der Waals surface area contributed by atoms with Gasteiger partial charge < -0.3 is 15.4 Å². The van der Waals surface area contributed by atoms with E-state index in [0.717, 1.165) is 6.92 Å². The minimum absolute atomic E-state index is 0.567. The molecule has 0 heterocycles. The van der Waals surface area contributed by atoms with Crippen molar-refractivity contribution in [1.29, 1.82) is 0 Å². The van der Waals surface area contributed by atoms with Crippen LogP contribution in [0.5, 0.6) is 0 Å². The van der Waals surface area contributed by atoms with Crippen molar-refractivity contribution in [2.24, 2.45) is 5.73 Å². The maximum absolute atomic E-state index is 10.2. The summed E-state index contributed by atoms with van der Waals surface area (Å²) in [5.74, 6) is -1.89. The predicted molar refractivity (Wildman–Crippen MR) is 34.0 cm³/mol. The molecule has 0 aliphatic rings. The molecule has 0 bridgehead atoms. The molecule has 0 fully saturated rings. The second-order valence-corrected chi connectivity index (χ2v) is 3.07. The number of carboxylic acids is 1. The number of hydrogen-bond acceptors (Lipinski definition) is 4. The van der Waals surface area contributed by atoms with E-state index in [0.29, 0.717) is 0 Å². The molecule has 0 aliphatic carbocycles. The molecule has 0 saturated carbocycles. The quantitative estimate of drug-likeness (QED) is 0.505. The van der Waals surface area contributed by atoms with Gasteiger partial charge in [-0.05, 0) is 6.92 Å². The summed E-state index contributed by atoms with van der Waals surface area (Å²) in [5, 5.41) is 8.29. The Balaban J connectivity index is 4.13. The third-order valence-corrected chi connectivity index (χ3v) is 1.74. The second kappa shape index (κ2) is 3.09. The molecule has 6 heteroatoms. The van der Waals surface area contributed by atoms with Crippen molar-refractivity contribution >= 4 is 17.0 Å². The third-order valence-electron chi connectivity index (χ3n) is 0.906. The van der Waals surface area contributed by atoms with Crippen molar-refractivity contribution in [3.63, 3.8) is 0 Å². The molecular weight excluding hydrogens is 158 g/mol. The highest BCUT2D eigenvalue weighted by Gasteiger charge is 2.27. The van der Waals surface area contributed by atoms with Crippen molar-refractivity contribution < 1.29 is 18.7 Å². The molecular formula is C4H8NO4S-. The van der Waals surface area contributed by atoms with Gasteiger partial charge in [-0.25, -0.2) is 0 Å². The largest absolute Gasteiger partial charge is 0.772 e. The average Bonchev–Trinajstić information content (AvgIpc) is 1.60. The summed E-state index contributed by atoms with van der Waals surface area (Å²) < 4.78 is 20.0. The highest BCUT2D eigenvalue weighted by Crippen LogP contribution is 1.99. The monoisotopic (exact) mass is 166 g/mol. The first kappa shape index (κ1) is 9.54. The molecule has 2 atom stereocenters. The van der Waals surface area contributed by atoms with Crippen LogP contribution in [-0.4, -0.2) is 31.1 Å². The van der Waals surface area contributed by atoms with Gasteiger partial charge in [0.05, 0.1) is 0 Å². The fourth-order valence-electron chi connectivity index (χ4n) is 0.307. The molecule has 0 saturated heterocycles. The molecule has 10 heavy (non-hydrogen) atoms. The van der Waals surface area contributed by atoms with E-state index in [2.05, 4.69) is 0 Å². The van der Waals surface area contributed by atoms with Crippen molar-refractivity contribution in [3.8, 4) is 0 Å². The van der Waals surface area contributed by atoms with Gasteiger partial charge in [0.15, 0.2) is 0 Å². The molecule has 0 amide bonds. The molecule has 5 nitrogen and oxygen atoms in total. The van der Waals surface area contributed by atoms with E-state index >= 15 is 0 Å². The summed E-state index contributed by atoms with van der Waals surface area (Å²) in [7, 11) is 0. The van der Waals surface area contributed by atoms with Gasteiger partial charge in [0, 0.05) is 5.75 Å². The highest BCUT2D eigenvalue weighted by atomic mass is 32.2. The maximum Gasteiger partial charge on any atom is 0.324 e. The molecule has 0 aromatic carbocycles. The number of rotatable bonds is 3. The maximum atomic E-state index is 10.2. The topological polar surface area (TPSA) is 103 Å². The summed E-state index contributed by atoms with van der Waals surface area (Å²) in [6, 6.07) is 0. The summed E-state index contributed by atoms with van der Waals surface area (Å²) in [6.45, 7) is 1.14. The fraction of sp³-hybridized carbons (Fsp3) is 0.750. The molecule has 60 valence electrons. The fourth-order valence-corrected chi connectivity index (χ4v) is 0.920. The zero-order valence-corrected chi connectivity index (χ0v) is 6.18. The lowest BCUT2D eigenvalue weighted by atomic mass is 10.1. The Hall–Kier alpha value is -0.460. The van der Waals surface area contributed by atoms with Gasteiger partial charge in [0.1, 0.15) is 5.54 Å². The van der Waals surface area contributed by atoms with Crippen molar-refractivity contribution in [3.05, 3.63) is 0 Å². The van der Waals surface area contributed by atoms with Crippen LogP contribution in [0, 0.1) is 0 Å². The standard InChI is InChI=1S/C4H9NO4S/c1-4(5,3(6)7)2-10(8)9/h2,5H2,1H3,(H,6,7)(H,8,9)/p-1/t4-/m1/s1. The number of carboxylic acid groups (broad SMARTS) is 1. The molecule has 3 N–H and O–H groups in total. The zero-order chi connectivity index (χ0) is 8.36. The number of hydrogen-bond donors (Lipinski definition) is 2. The van der Waals surface area contributed by atoms with Crippen LogP contribution in [0.4, 0.5) is 0 Å². The van der Waals surface area contributed by atoms with Gasteiger partial charge in [-0.3, -0.25) is 9.00 Å². The Morgan fingerprint density at radius 1 is 1.90 bits per heavy atom. The van der Waals surface area contributed by atoms with Crippen LogP contribution in [0.3, 0.4) is 0 Å². The van der Waals surface area contributed by atoms with Crippen LogP contribution in [0.15, 0.2) is 0 Å². The Morgan fingerprint density at radius 2 is 2.30 bits per heavy atom. The Kier molecular flexibility index (Phi) is 2.95. The van der Waals surface area contributed by atoms with E-state index in [1.54, 1.807) is 0 Å². The summed E-state index contributed by atoms with van der Waals surface area (Å²) in [4.78, 5) is 10.2. The minimum Gasteiger partial charge on any atom is -0.772 e. The van der Waals surface area contributed by atoms with Crippen molar-refractivity contribution in [2.75, 3.05) is 5.75 Å². The number of carbonyl (C=O) groups is 1. The predicted octanol–water partition coefficient (Wildman–Crippen LogP) is -1.33. The molecule has 0 aliphatic heterocycles. The Morgan fingerprint density at radius 3 is 2.40 bits per heavy atom. The SMILES string of the molecule is C[C@@](N)(CS(=O)[O-])C(=O)O. The van der Waals surface area contributed by atoms with Crippen LogP contribution >= 0.6 is 0 Å². The number of nitrogens with two attached hydrogens (primary N) is 1. The lowest BCUT2D eigenvalue weighted by Crippen LogP contribution is -2.49. The van der Waals surface area contributed by atoms with Crippen LogP contribution in [0.25, 0.3) is 0 Å². The lowest BCUT2D eigenvalue weighted by molar-refractivity contribution is -0.141. The van der Waals surface area contributed by atoms with Gasteiger partial charge in [-0.1, -0.05) is 11.1 Å². The first-order chi connectivity index (χ1) is 4.36. The highest BCUT2D eigenvalue weighted by molar-refractivity contribution is 7.79. The van der Waals surface area contributed by atoms with Gasteiger partial charge in [0.2, 0.25) is 0 Å². The van der Waals surface area contributed by atoms with Crippen LogP contribution < -0.4 is 5.73 Å². The summed E-state index contributed by atoms with van der Waals surface area (Å²) in [5.41, 5.74) is 3.39. The molecule has 0 spiro atoms. The van der Waals surface area contributed by atoms with Gasteiger partial charge in [0.25, 0.3) is 0 Å². The van der Waals surface area contributed by atoms with Crippen molar-refractivity contribution in [2.45, 2.75) is 12.5 Å². The minimum atomic E-state index is -2.41. The van der Waals surface area contributed by atoms with Crippen molar-refractivity contribution in [1.82, 2.24) is 0 Å². The normalized spacial score (nSPS) is 19.5. The van der Waals surface area contributed by atoms with E-state index < -0.39 is 28.3 Å². The first-order valence-electron chi connectivity index (χ1n) is 2.44. The average molecular weight is 166 g/mol. The molecule has 0 aromatic heterocycles. The van der Waals surface area contributed by atoms with E-state index in [9.17, 15) is 13.6 Å². The lowest BCUT2D eigenvalue weighted by Gasteiger charge is -2.19. The molecule has 0 rings (SSSR count). The number of aliphatic carboxylic acids is 1. The van der Waals surface area contributed by atoms with E-state index in [1.807, 2.05) is 0 Å². The molecule has 0 aromatic rings. The van der Waals surface area contributed by atoms with Crippen LogP contribution in [-0.2, 0) is 15.9 Å². The van der Waals surface area contributed by atoms with Gasteiger partial charge in [-0.2, -0.15) is 0 Å². The first-order valence-corrected chi connectivity index (χ1v) is 3.69. The Labute approximate surface area is 60.5 Å². The molecule has 1 unspecified atom stereocenters. The van der Waals surface area contributed by atoms with E-state index in [1.165, 1.54) is 0 Å². The Bertz CT molecular complexity index is 167. The summed E-state index contributed by atoms with van der Waals surface area (Å²) in [6.07, 6.45) is 0. The third kappa shape index (κ3) is 2.90. The zero-order valence-electron chi connectivity index (χ0n) is 5.36. The van der Waals surface area contributed by atoms with E-state index in [-0.39, 0.29) is 0 Å². The summed E-state index contributed by atoms with van der Waals surface area (Å²) >= 11 is -2.41. The second-order valence-electron chi connectivity index (χ2n) is 2.17. The van der Waals surface area contributed by atoms with Gasteiger partial charge >= 0.3 is 5.97 Å². The van der Waals surface area contributed by atoms with Gasteiger partial charge in [-0.15, -0.1) is 0 Å². The molecule has 0 radical (unpaired) electrons. The van der Waals surface area contributed by atoms with Crippen LogP contribution in [0.1, 0.15) is 6.92 Å². The van der Waals surface area contributed by atoms with E-state index in [4.69, 9.17) is 10.8 Å².